The van der Waals surface area contributed by atoms with Gasteiger partial charge >= 0.3 is 0 Å². The molecule has 18 heavy (non-hydrogen) atoms. The van der Waals surface area contributed by atoms with Crippen LogP contribution in [0.3, 0.4) is 0 Å². The lowest BCUT2D eigenvalue weighted by atomic mass is 9.78. The summed E-state index contributed by atoms with van der Waals surface area (Å²) in [5.74, 6) is 0. The van der Waals surface area contributed by atoms with Gasteiger partial charge in [0, 0.05) is 37.3 Å². The van der Waals surface area contributed by atoms with E-state index in [0.29, 0.717) is 11.1 Å². The zero-order chi connectivity index (χ0) is 12.5. The molecule has 1 N–H and O–H groups in total. The van der Waals surface area contributed by atoms with Gasteiger partial charge in [-0.05, 0) is 32.6 Å². The van der Waals surface area contributed by atoms with Crippen molar-refractivity contribution in [1.29, 1.82) is 0 Å². The van der Waals surface area contributed by atoms with Crippen LogP contribution in [0.2, 0.25) is 0 Å². The van der Waals surface area contributed by atoms with E-state index in [0.717, 1.165) is 19.8 Å². The van der Waals surface area contributed by atoms with E-state index in [4.69, 9.17) is 4.74 Å². The molecule has 0 aromatic heterocycles. The zero-order valence-corrected chi connectivity index (χ0v) is 11.8. The Morgan fingerprint density at radius 2 is 1.89 bits per heavy atom. The summed E-state index contributed by atoms with van der Waals surface area (Å²) in [7, 11) is 0. The van der Waals surface area contributed by atoms with Gasteiger partial charge in [0.1, 0.15) is 0 Å². The van der Waals surface area contributed by atoms with E-state index in [1.165, 1.54) is 58.0 Å². The molecule has 2 heterocycles. The molecule has 0 aromatic rings. The third kappa shape index (κ3) is 2.45. The van der Waals surface area contributed by atoms with Crippen LogP contribution in [0.5, 0.6) is 0 Å². The Hall–Kier alpha value is -0.120. The van der Waals surface area contributed by atoms with Gasteiger partial charge < -0.3 is 10.1 Å². The molecule has 104 valence electrons. The summed E-state index contributed by atoms with van der Waals surface area (Å²) in [6.07, 6.45) is 9.54. The van der Waals surface area contributed by atoms with Crippen LogP contribution in [-0.2, 0) is 4.74 Å². The second kappa shape index (κ2) is 5.10. The first-order chi connectivity index (χ1) is 8.73. The number of rotatable bonds is 1. The monoisotopic (exact) mass is 252 g/mol. The van der Waals surface area contributed by atoms with Crippen LogP contribution >= 0.6 is 0 Å². The van der Waals surface area contributed by atoms with Gasteiger partial charge in [-0.3, -0.25) is 4.90 Å². The third-order valence-electron chi connectivity index (χ3n) is 5.37. The molecule has 1 saturated carbocycles. The minimum atomic E-state index is 0.296. The van der Waals surface area contributed by atoms with Crippen molar-refractivity contribution in [3.05, 3.63) is 0 Å². The summed E-state index contributed by atoms with van der Waals surface area (Å²) in [6, 6.07) is 0. The molecule has 2 saturated heterocycles. The first kappa shape index (κ1) is 12.9. The number of nitrogens with one attached hydrogen (secondary N) is 1. The van der Waals surface area contributed by atoms with Crippen molar-refractivity contribution in [2.24, 2.45) is 0 Å². The van der Waals surface area contributed by atoms with Crippen LogP contribution in [0.15, 0.2) is 0 Å². The number of piperazine rings is 1. The number of hydrogen-bond donors (Lipinski definition) is 1. The van der Waals surface area contributed by atoms with Crippen molar-refractivity contribution in [3.8, 4) is 0 Å². The van der Waals surface area contributed by atoms with Gasteiger partial charge in [-0.2, -0.15) is 0 Å². The highest BCUT2D eigenvalue weighted by Gasteiger charge is 2.42. The summed E-state index contributed by atoms with van der Waals surface area (Å²) in [4.78, 5) is 2.73. The Balaban J connectivity index is 1.69. The van der Waals surface area contributed by atoms with E-state index in [1.54, 1.807) is 0 Å². The second-order valence-electron chi connectivity index (χ2n) is 6.84. The summed E-state index contributed by atoms with van der Waals surface area (Å²) in [6.45, 7) is 7.91. The van der Waals surface area contributed by atoms with Crippen molar-refractivity contribution in [2.45, 2.75) is 62.9 Å². The molecule has 1 spiro atoms. The van der Waals surface area contributed by atoms with Crippen molar-refractivity contribution in [2.75, 3.05) is 32.8 Å². The molecule has 3 fully saturated rings. The summed E-state index contributed by atoms with van der Waals surface area (Å²) in [5.41, 5.74) is 0.724. The van der Waals surface area contributed by atoms with E-state index in [1.807, 2.05) is 0 Å². The van der Waals surface area contributed by atoms with E-state index in [-0.39, 0.29) is 0 Å². The molecule has 0 bridgehead atoms. The largest absolute Gasteiger partial charge is 0.380 e. The molecule has 1 atom stereocenters. The minimum absolute atomic E-state index is 0.296. The molecule has 3 aliphatic rings. The lowest BCUT2D eigenvalue weighted by Gasteiger charge is -2.53. The predicted octanol–water partition coefficient (Wildman–Crippen LogP) is 2.16. The van der Waals surface area contributed by atoms with Gasteiger partial charge in [0.25, 0.3) is 0 Å². The van der Waals surface area contributed by atoms with Gasteiger partial charge in [-0.1, -0.05) is 19.3 Å². The standard InChI is InChI=1S/C15H28N2O/c1-14(6-5-11-18-13-14)17-10-9-16-15(12-17)7-3-2-4-8-15/h16H,2-13H2,1H3. The average molecular weight is 252 g/mol. The predicted molar refractivity (Wildman–Crippen MR) is 73.8 cm³/mol. The van der Waals surface area contributed by atoms with Gasteiger partial charge in [0.15, 0.2) is 0 Å². The summed E-state index contributed by atoms with van der Waals surface area (Å²) in [5, 5.41) is 3.84. The Bertz CT molecular complexity index is 261. The number of ether oxygens (including phenoxy) is 1. The van der Waals surface area contributed by atoms with E-state index in [9.17, 15) is 0 Å². The van der Waals surface area contributed by atoms with Crippen molar-refractivity contribution < 1.29 is 4.74 Å². The lowest BCUT2D eigenvalue weighted by molar-refractivity contribution is -0.0644. The fourth-order valence-corrected chi connectivity index (χ4v) is 4.15. The summed E-state index contributed by atoms with van der Waals surface area (Å²) < 4.78 is 5.75. The molecule has 0 radical (unpaired) electrons. The maximum Gasteiger partial charge on any atom is 0.0647 e. The average Bonchev–Trinajstić information content (AvgIpc) is 2.41. The van der Waals surface area contributed by atoms with Crippen molar-refractivity contribution >= 4 is 0 Å². The Kier molecular flexibility index (Phi) is 3.65. The van der Waals surface area contributed by atoms with Crippen LogP contribution in [0.25, 0.3) is 0 Å². The molecule has 0 amide bonds. The summed E-state index contributed by atoms with van der Waals surface area (Å²) >= 11 is 0. The fourth-order valence-electron chi connectivity index (χ4n) is 4.15. The smallest absolute Gasteiger partial charge is 0.0647 e. The normalized spacial score (nSPS) is 37.8. The second-order valence-corrected chi connectivity index (χ2v) is 6.84. The highest BCUT2D eigenvalue weighted by atomic mass is 16.5. The van der Waals surface area contributed by atoms with E-state index in [2.05, 4.69) is 17.1 Å². The first-order valence-corrected chi connectivity index (χ1v) is 7.80. The minimum Gasteiger partial charge on any atom is -0.380 e. The van der Waals surface area contributed by atoms with Crippen molar-refractivity contribution in [3.63, 3.8) is 0 Å². The third-order valence-corrected chi connectivity index (χ3v) is 5.37. The number of hydrogen-bond acceptors (Lipinski definition) is 3. The van der Waals surface area contributed by atoms with Crippen LogP contribution in [0.1, 0.15) is 51.9 Å². The maximum absolute atomic E-state index is 5.75. The zero-order valence-electron chi connectivity index (χ0n) is 11.8. The molecule has 1 aliphatic carbocycles. The highest BCUT2D eigenvalue weighted by Crippen LogP contribution is 2.35. The van der Waals surface area contributed by atoms with Crippen LogP contribution in [0, 0.1) is 0 Å². The quantitative estimate of drug-likeness (QED) is 0.774. The number of nitrogens with zero attached hydrogens (tertiary/aromatic N) is 1. The molecule has 3 heteroatoms. The van der Waals surface area contributed by atoms with E-state index < -0.39 is 0 Å². The molecule has 2 aliphatic heterocycles. The fraction of sp³-hybridized carbons (Fsp3) is 1.00. The molecular formula is C15H28N2O. The highest BCUT2D eigenvalue weighted by molar-refractivity contribution is 5.01. The van der Waals surface area contributed by atoms with Gasteiger partial charge in [-0.25, -0.2) is 0 Å². The van der Waals surface area contributed by atoms with Gasteiger partial charge in [-0.15, -0.1) is 0 Å². The first-order valence-electron chi connectivity index (χ1n) is 7.80. The van der Waals surface area contributed by atoms with Crippen LogP contribution < -0.4 is 5.32 Å². The van der Waals surface area contributed by atoms with Crippen molar-refractivity contribution in [1.82, 2.24) is 10.2 Å². The Morgan fingerprint density at radius 1 is 1.06 bits per heavy atom. The van der Waals surface area contributed by atoms with Crippen LogP contribution in [0.4, 0.5) is 0 Å². The van der Waals surface area contributed by atoms with E-state index >= 15 is 0 Å². The molecule has 3 rings (SSSR count). The topological polar surface area (TPSA) is 24.5 Å². The van der Waals surface area contributed by atoms with Gasteiger partial charge in [0.05, 0.1) is 6.61 Å². The molecule has 1 unspecified atom stereocenters. The Morgan fingerprint density at radius 3 is 2.61 bits per heavy atom. The molecule has 3 nitrogen and oxygen atoms in total. The maximum atomic E-state index is 5.75. The SMILES string of the molecule is CC1(N2CCNC3(CCCCC3)C2)CCCOC1. The molecular weight excluding hydrogens is 224 g/mol. The molecule has 0 aromatic carbocycles. The lowest BCUT2D eigenvalue weighted by Crippen LogP contribution is -2.67. The van der Waals surface area contributed by atoms with Gasteiger partial charge in [0.2, 0.25) is 0 Å². The van der Waals surface area contributed by atoms with Crippen LogP contribution in [-0.4, -0.2) is 48.8 Å². The Labute approximate surface area is 111 Å².